The highest BCUT2D eigenvalue weighted by atomic mass is 35.5. The van der Waals surface area contributed by atoms with Crippen LogP contribution in [0.1, 0.15) is 16.9 Å². The topological polar surface area (TPSA) is 72.3 Å². The Balaban J connectivity index is 2.06. The van der Waals surface area contributed by atoms with E-state index in [0.717, 1.165) is 17.9 Å². The highest BCUT2D eigenvalue weighted by Gasteiger charge is 2.22. The normalized spacial score (nSPS) is 11.5. The number of aromatic nitrogens is 3. The molecule has 1 aromatic carbocycles. The lowest BCUT2D eigenvalue weighted by molar-refractivity contribution is -0.0499. The number of hydrogen-bond acceptors (Lipinski definition) is 6. The first-order valence-electron chi connectivity index (χ1n) is 9.40. The zero-order valence-corrected chi connectivity index (χ0v) is 18.8. The van der Waals surface area contributed by atoms with Gasteiger partial charge in [-0.1, -0.05) is 11.6 Å². The van der Waals surface area contributed by atoms with Gasteiger partial charge >= 0.3 is 6.61 Å². The molecule has 31 heavy (non-hydrogen) atoms. The van der Waals surface area contributed by atoms with E-state index in [0.29, 0.717) is 17.4 Å². The fourth-order valence-corrected chi connectivity index (χ4v) is 3.59. The van der Waals surface area contributed by atoms with Crippen LogP contribution in [0.25, 0.3) is 16.6 Å². The number of amides is 1. The molecular weight excluding hydrogens is 448 g/mol. The van der Waals surface area contributed by atoms with E-state index in [1.165, 1.54) is 34.8 Å². The summed E-state index contributed by atoms with van der Waals surface area (Å²) in [6.07, 6.45) is 4.08. The maximum Gasteiger partial charge on any atom is 0.387 e. The van der Waals surface area contributed by atoms with E-state index in [9.17, 15) is 13.6 Å². The molecule has 2 aromatic heterocycles. The molecule has 0 atom stereocenters. The molecule has 0 unspecified atom stereocenters. The van der Waals surface area contributed by atoms with Gasteiger partial charge < -0.3 is 15.0 Å². The predicted molar refractivity (Wildman–Crippen MR) is 118 cm³/mol. The highest BCUT2D eigenvalue weighted by Crippen LogP contribution is 2.32. The third kappa shape index (κ3) is 5.63. The Morgan fingerprint density at radius 1 is 1.35 bits per heavy atom. The summed E-state index contributed by atoms with van der Waals surface area (Å²) in [5, 5.41) is 7.89. The number of ether oxygens (including phenoxy) is 1. The average Bonchev–Trinajstić information content (AvgIpc) is 3.09. The van der Waals surface area contributed by atoms with Crippen LogP contribution in [-0.2, 0) is 0 Å². The van der Waals surface area contributed by atoms with Gasteiger partial charge in [0, 0.05) is 23.7 Å². The number of thioether (sulfide) groups is 1. The van der Waals surface area contributed by atoms with Crippen LogP contribution in [-0.4, -0.2) is 65.6 Å². The minimum absolute atomic E-state index is 0.0666. The molecule has 1 N–H and O–H groups in total. The first-order valence-corrected chi connectivity index (χ1v) is 11.0. The van der Waals surface area contributed by atoms with Crippen molar-refractivity contribution in [2.75, 3.05) is 33.4 Å². The molecule has 0 aliphatic rings. The van der Waals surface area contributed by atoms with E-state index >= 15 is 0 Å². The molecule has 0 aliphatic carbocycles. The second-order valence-electron chi connectivity index (χ2n) is 6.91. The summed E-state index contributed by atoms with van der Waals surface area (Å²) in [5.41, 5.74) is 0.850. The molecule has 3 rings (SSSR count). The van der Waals surface area contributed by atoms with Gasteiger partial charge in [-0.05, 0) is 51.5 Å². The van der Waals surface area contributed by atoms with Gasteiger partial charge in [0.1, 0.15) is 10.8 Å². The maximum atomic E-state index is 13.0. The maximum absolute atomic E-state index is 13.0. The lowest BCUT2D eigenvalue weighted by Crippen LogP contribution is -2.27. The van der Waals surface area contributed by atoms with Crippen LogP contribution < -0.4 is 10.1 Å². The number of pyridine rings is 1. The minimum Gasteiger partial charge on any atom is -0.433 e. The standard InChI is InChI=1S/C20H22ClF2N5O2S/c1-27(2)8-4-7-24-19(29)18-13-11-25-17(21)10-14(13)28(26-18)15-9-12(31-3)5-6-16(15)30-20(22)23/h5-6,9-11,20H,4,7-8H2,1-3H3,(H,24,29). The SMILES string of the molecule is CSc1ccc(OC(F)F)c(-n2nc(C(=O)NCCCN(C)C)c3cnc(Cl)cc32)c1. The summed E-state index contributed by atoms with van der Waals surface area (Å²) in [5.74, 6) is -0.452. The zero-order valence-electron chi connectivity index (χ0n) is 17.2. The summed E-state index contributed by atoms with van der Waals surface area (Å²) >= 11 is 7.51. The highest BCUT2D eigenvalue weighted by molar-refractivity contribution is 7.98. The van der Waals surface area contributed by atoms with Gasteiger partial charge in [-0.3, -0.25) is 4.79 Å². The molecule has 0 spiro atoms. The van der Waals surface area contributed by atoms with Crippen LogP contribution >= 0.6 is 23.4 Å². The summed E-state index contributed by atoms with van der Waals surface area (Å²) in [7, 11) is 3.91. The first kappa shape index (κ1) is 23.2. The first-order chi connectivity index (χ1) is 14.8. The quantitative estimate of drug-likeness (QED) is 0.289. The Hall–Kier alpha value is -2.43. The van der Waals surface area contributed by atoms with Crippen molar-refractivity contribution in [3.8, 4) is 11.4 Å². The molecule has 0 aliphatic heterocycles. The Labute approximate surface area is 187 Å². The minimum atomic E-state index is -3.01. The van der Waals surface area contributed by atoms with Gasteiger partial charge in [0.25, 0.3) is 5.91 Å². The number of carbonyl (C=O) groups is 1. The number of fused-ring (bicyclic) bond motifs is 1. The molecule has 2 heterocycles. The van der Waals surface area contributed by atoms with Gasteiger partial charge in [-0.25, -0.2) is 9.67 Å². The molecule has 0 saturated carbocycles. The lowest BCUT2D eigenvalue weighted by Gasteiger charge is -2.13. The monoisotopic (exact) mass is 469 g/mol. The Morgan fingerprint density at radius 3 is 2.81 bits per heavy atom. The van der Waals surface area contributed by atoms with Gasteiger partial charge in [0.15, 0.2) is 11.4 Å². The summed E-state index contributed by atoms with van der Waals surface area (Å²) < 4.78 is 32.0. The Kier molecular flexibility index (Phi) is 7.69. The Bertz CT molecular complexity index is 1080. The van der Waals surface area contributed by atoms with Crippen LogP contribution in [0.5, 0.6) is 5.75 Å². The number of benzene rings is 1. The molecule has 1 amide bonds. The van der Waals surface area contributed by atoms with Crippen molar-refractivity contribution in [2.24, 2.45) is 0 Å². The van der Waals surface area contributed by atoms with E-state index in [1.54, 1.807) is 12.1 Å². The number of rotatable bonds is 9. The van der Waals surface area contributed by atoms with E-state index in [-0.39, 0.29) is 28.2 Å². The number of carbonyl (C=O) groups excluding carboxylic acids is 1. The molecule has 7 nitrogen and oxygen atoms in total. The smallest absolute Gasteiger partial charge is 0.387 e. The molecular formula is C20H22ClF2N5O2S. The van der Waals surface area contributed by atoms with Crippen molar-refractivity contribution in [3.05, 3.63) is 41.3 Å². The second-order valence-corrected chi connectivity index (χ2v) is 8.18. The lowest BCUT2D eigenvalue weighted by atomic mass is 10.2. The van der Waals surface area contributed by atoms with Crippen molar-refractivity contribution in [1.29, 1.82) is 0 Å². The molecule has 0 fully saturated rings. The van der Waals surface area contributed by atoms with Crippen molar-refractivity contribution in [1.82, 2.24) is 25.0 Å². The van der Waals surface area contributed by atoms with E-state index < -0.39 is 6.61 Å². The summed E-state index contributed by atoms with van der Waals surface area (Å²) in [4.78, 5) is 19.7. The van der Waals surface area contributed by atoms with Crippen molar-refractivity contribution in [3.63, 3.8) is 0 Å². The van der Waals surface area contributed by atoms with Crippen LogP contribution in [0, 0.1) is 0 Å². The van der Waals surface area contributed by atoms with Gasteiger partial charge in [-0.15, -0.1) is 11.8 Å². The van der Waals surface area contributed by atoms with Crippen LogP contribution in [0.15, 0.2) is 35.4 Å². The molecule has 3 aromatic rings. The van der Waals surface area contributed by atoms with Crippen LogP contribution in [0.4, 0.5) is 8.78 Å². The number of nitrogens with zero attached hydrogens (tertiary/aromatic N) is 4. The third-order valence-corrected chi connectivity index (χ3v) is 5.36. The van der Waals surface area contributed by atoms with E-state index in [1.807, 2.05) is 25.3 Å². The van der Waals surface area contributed by atoms with Gasteiger partial charge in [0.05, 0.1) is 10.9 Å². The van der Waals surface area contributed by atoms with Crippen LogP contribution in [0.3, 0.4) is 0 Å². The van der Waals surface area contributed by atoms with Crippen LogP contribution in [0.2, 0.25) is 5.15 Å². The molecule has 0 saturated heterocycles. The zero-order chi connectivity index (χ0) is 22.5. The fraction of sp³-hybridized carbons (Fsp3) is 0.350. The fourth-order valence-electron chi connectivity index (χ4n) is 3.00. The third-order valence-electron chi connectivity index (χ3n) is 4.43. The molecule has 11 heteroatoms. The van der Waals surface area contributed by atoms with Crippen molar-refractivity contribution >= 4 is 40.2 Å². The largest absolute Gasteiger partial charge is 0.433 e. The molecule has 166 valence electrons. The number of hydrogen-bond donors (Lipinski definition) is 1. The summed E-state index contributed by atoms with van der Waals surface area (Å²) in [6.45, 7) is -1.72. The van der Waals surface area contributed by atoms with Crippen molar-refractivity contribution in [2.45, 2.75) is 17.9 Å². The van der Waals surface area contributed by atoms with E-state index in [4.69, 9.17) is 16.3 Å². The van der Waals surface area contributed by atoms with Gasteiger partial charge in [0.2, 0.25) is 0 Å². The number of nitrogens with one attached hydrogen (secondary N) is 1. The predicted octanol–water partition coefficient (Wildman–Crippen LogP) is 4.08. The average molecular weight is 470 g/mol. The van der Waals surface area contributed by atoms with Gasteiger partial charge in [-0.2, -0.15) is 13.9 Å². The molecule has 0 radical (unpaired) electrons. The number of alkyl halides is 2. The second kappa shape index (κ2) is 10.3. The number of halogens is 3. The molecule has 0 bridgehead atoms. The summed E-state index contributed by atoms with van der Waals surface area (Å²) in [6, 6.07) is 6.32. The van der Waals surface area contributed by atoms with Crippen molar-refractivity contribution < 1.29 is 18.3 Å². The van der Waals surface area contributed by atoms with E-state index in [2.05, 4.69) is 15.4 Å². The Morgan fingerprint density at radius 2 is 2.13 bits per heavy atom.